The molecular weight excluding hydrogens is 218 g/mol. The second kappa shape index (κ2) is 4.97. The molecule has 0 aliphatic heterocycles. The van der Waals surface area contributed by atoms with Gasteiger partial charge in [-0.2, -0.15) is 0 Å². The summed E-state index contributed by atoms with van der Waals surface area (Å²) in [5.41, 5.74) is 1.49. The number of nitrogens with zero attached hydrogens (tertiary/aromatic N) is 1. The van der Waals surface area contributed by atoms with E-state index in [9.17, 15) is 4.79 Å². The molecule has 90 valence electrons. The first-order chi connectivity index (χ1) is 8.20. The Morgan fingerprint density at radius 2 is 2.35 bits per heavy atom. The van der Waals surface area contributed by atoms with Crippen molar-refractivity contribution in [2.75, 3.05) is 6.54 Å². The van der Waals surface area contributed by atoms with E-state index in [2.05, 4.69) is 15.3 Å². The highest BCUT2D eigenvalue weighted by Gasteiger charge is 2.09. The van der Waals surface area contributed by atoms with Gasteiger partial charge < -0.3 is 14.7 Å². The van der Waals surface area contributed by atoms with Gasteiger partial charge in [0.2, 0.25) is 0 Å². The lowest BCUT2D eigenvalue weighted by Gasteiger charge is -2.03. The van der Waals surface area contributed by atoms with Crippen molar-refractivity contribution in [3.63, 3.8) is 0 Å². The molecule has 0 aromatic carbocycles. The third-order valence-electron chi connectivity index (χ3n) is 2.43. The molecule has 2 heterocycles. The fraction of sp³-hybridized carbons (Fsp3) is 0.333. The highest BCUT2D eigenvalue weighted by molar-refractivity contribution is 5.51. The van der Waals surface area contributed by atoms with E-state index < -0.39 is 0 Å². The molecule has 2 N–H and O–H groups in total. The molecule has 0 aliphatic rings. The van der Waals surface area contributed by atoms with Gasteiger partial charge >= 0.3 is 0 Å². The Labute approximate surface area is 98.9 Å². The normalized spacial score (nSPS) is 10.7. The summed E-state index contributed by atoms with van der Waals surface area (Å²) < 4.78 is 5.31. The number of aryl methyl sites for hydroxylation is 1. The summed E-state index contributed by atoms with van der Waals surface area (Å²) in [6.45, 7) is 5.33. The summed E-state index contributed by atoms with van der Waals surface area (Å²) >= 11 is 0. The van der Waals surface area contributed by atoms with Crippen LogP contribution in [0.5, 0.6) is 0 Å². The minimum absolute atomic E-state index is 0.168. The number of rotatable bonds is 4. The van der Waals surface area contributed by atoms with Crippen molar-refractivity contribution in [1.82, 2.24) is 15.3 Å². The lowest BCUT2D eigenvalue weighted by atomic mass is 10.2. The second-order valence-corrected chi connectivity index (χ2v) is 3.80. The largest absolute Gasteiger partial charge is 0.461 e. The number of furan rings is 1. The van der Waals surface area contributed by atoms with Crippen molar-refractivity contribution in [2.45, 2.75) is 20.4 Å². The molecule has 0 fully saturated rings. The van der Waals surface area contributed by atoms with Gasteiger partial charge in [-0.25, -0.2) is 4.98 Å². The fourth-order valence-corrected chi connectivity index (χ4v) is 1.57. The van der Waals surface area contributed by atoms with E-state index in [-0.39, 0.29) is 5.56 Å². The first-order valence-electron chi connectivity index (χ1n) is 5.56. The summed E-state index contributed by atoms with van der Waals surface area (Å²) in [6.07, 6.45) is 1.58. The SMILES string of the molecule is CCNCc1cc(=O)[nH]c(-c2occc2C)n1. The molecule has 2 aromatic heterocycles. The molecule has 0 saturated carbocycles. The molecule has 0 saturated heterocycles. The summed E-state index contributed by atoms with van der Waals surface area (Å²) in [5.74, 6) is 1.09. The zero-order valence-corrected chi connectivity index (χ0v) is 9.91. The summed E-state index contributed by atoms with van der Waals surface area (Å²) in [5, 5.41) is 3.13. The predicted octanol–water partition coefficient (Wildman–Crippen LogP) is 1.45. The second-order valence-electron chi connectivity index (χ2n) is 3.80. The van der Waals surface area contributed by atoms with Crippen LogP contribution in [0, 0.1) is 6.92 Å². The van der Waals surface area contributed by atoms with Crippen LogP contribution in [0.15, 0.2) is 27.6 Å². The summed E-state index contributed by atoms with van der Waals surface area (Å²) in [4.78, 5) is 18.6. The number of aromatic nitrogens is 2. The predicted molar refractivity (Wildman–Crippen MR) is 64.7 cm³/mol. The van der Waals surface area contributed by atoms with Crippen LogP contribution in [-0.4, -0.2) is 16.5 Å². The lowest BCUT2D eigenvalue weighted by Crippen LogP contribution is -2.17. The fourth-order valence-electron chi connectivity index (χ4n) is 1.57. The minimum atomic E-state index is -0.168. The number of nitrogens with one attached hydrogen (secondary N) is 2. The lowest BCUT2D eigenvalue weighted by molar-refractivity contribution is 0.574. The van der Waals surface area contributed by atoms with Gasteiger partial charge in [0.25, 0.3) is 5.56 Å². The van der Waals surface area contributed by atoms with Gasteiger partial charge in [-0.15, -0.1) is 0 Å². The minimum Gasteiger partial charge on any atom is -0.461 e. The van der Waals surface area contributed by atoms with Gasteiger partial charge in [0, 0.05) is 12.6 Å². The van der Waals surface area contributed by atoms with Crippen LogP contribution in [0.25, 0.3) is 11.6 Å². The molecule has 0 unspecified atom stereocenters. The molecule has 0 atom stereocenters. The maximum Gasteiger partial charge on any atom is 0.251 e. The Hall–Kier alpha value is -1.88. The van der Waals surface area contributed by atoms with Crippen LogP contribution < -0.4 is 10.9 Å². The molecule has 0 bridgehead atoms. The third-order valence-corrected chi connectivity index (χ3v) is 2.43. The number of hydrogen-bond acceptors (Lipinski definition) is 4. The Morgan fingerprint density at radius 3 is 3.00 bits per heavy atom. The molecule has 0 radical (unpaired) electrons. The van der Waals surface area contributed by atoms with Gasteiger partial charge in [-0.3, -0.25) is 4.79 Å². The van der Waals surface area contributed by atoms with E-state index in [1.165, 1.54) is 6.07 Å². The smallest absolute Gasteiger partial charge is 0.251 e. The van der Waals surface area contributed by atoms with E-state index in [0.717, 1.165) is 12.1 Å². The topological polar surface area (TPSA) is 70.9 Å². The molecule has 0 amide bonds. The first kappa shape index (κ1) is 11.6. The van der Waals surface area contributed by atoms with Crippen molar-refractivity contribution >= 4 is 0 Å². The molecule has 2 rings (SSSR count). The average Bonchev–Trinajstić information content (AvgIpc) is 2.72. The Morgan fingerprint density at radius 1 is 1.53 bits per heavy atom. The Bertz CT molecular complexity index is 557. The molecule has 2 aromatic rings. The highest BCUT2D eigenvalue weighted by atomic mass is 16.3. The monoisotopic (exact) mass is 233 g/mol. The Balaban J connectivity index is 2.38. The zero-order valence-electron chi connectivity index (χ0n) is 9.91. The van der Waals surface area contributed by atoms with Crippen molar-refractivity contribution in [2.24, 2.45) is 0 Å². The van der Waals surface area contributed by atoms with Crippen molar-refractivity contribution in [1.29, 1.82) is 0 Å². The van der Waals surface area contributed by atoms with E-state index in [1.807, 2.05) is 19.9 Å². The van der Waals surface area contributed by atoms with Crippen molar-refractivity contribution in [3.8, 4) is 11.6 Å². The highest BCUT2D eigenvalue weighted by Crippen LogP contribution is 2.19. The van der Waals surface area contributed by atoms with E-state index in [1.54, 1.807) is 6.26 Å². The number of hydrogen-bond donors (Lipinski definition) is 2. The number of aromatic amines is 1. The van der Waals surface area contributed by atoms with Gasteiger partial charge in [0.05, 0.1) is 12.0 Å². The molecule has 17 heavy (non-hydrogen) atoms. The van der Waals surface area contributed by atoms with E-state index in [4.69, 9.17) is 4.42 Å². The summed E-state index contributed by atoms with van der Waals surface area (Å²) in [7, 11) is 0. The van der Waals surface area contributed by atoms with E-state index >= 15 is 0 Å². The maximum atomic E-state index is 11.5. The van der Waals surface area contributed by atoms with Gasteiger partial charge in [-0.05, 0) is 25.1 Å². The maximum absolute atomic E-state index is 11.5. The van der Waals surface area contributed by atoms with Crippen LogP contribution in [0.1, 0.15) is 18.2 Å². The molecular formula is C12H15N3O2. The van der Waals surface area contributed by atoms with Crippen LogP contribution in [-0.2, 0) is 6.54 Å². The van der Waals surface area contributed by atoms with E-state index in [0.29, 0.717) is 23.8 Å². The first-order valence-corrected chi connectivity index (χ1v) is 5.56. The molecule has 0 aliphatic carbocycles. The standard InChI is InChI=1S/C12H15N3O2/c1-3-13-7-9-6-10(16)15-12(14-9)11-8(2)4-5-17-11/h4-6,13H,3,7H2,1-2H3,(H,14,15,16). The van der Waals surface area contributed by atoms with Gasteiger partial charge in [-0.1, -0.05) is 6.92 Å². The van der Waals surface area contributed by atoms with Crippen molar-refractivity contribution in [3.05, 3.63) is 40.0 Å². The number of H-pyrrole nitrogens is 1. The quantitative estimate of drug-likeness (QED) is 0.838. The molecule has 5 heteroatoms. The van der Waals surface area contributed by atoms with Crippen LogP contribution >= 0.6 is 0 Å². The van der Waals surface area contributed by atoms with Gasteiger partial charge in [0.15, 0.2) is 11.6 Å². The molecule has 5 nitrogen and oxygen atoms in total. The summed E-state index contributed by atoms with van der Waals surface area (Å²) in [6, 6.07) is 3.33. The Kier molecular flexibility index (Phi) is 3.39. The van der Waals surface area contributed by atoms with Crippen LogP contribution in [0.2, 0.25) is 0 Å². The van der Waals surface area contributed by atoms with Gasteiger partial charge in [0.1, 0.15) is 0 Å². The average molecular weight is 233 g/mol. The third kappa shape index (κ3) is 2.62. The van der Waals surface area contributed by atoms with Crippen LogP contribution in [0.3, 0.4) is 0 Å². The zero-order chi connectivity index (χ0) is 12.3. The molecule has 0 spiro atoms. The van der Waals surface area contributed by atoms with Crippen LogP contribution in [0.4, 0.5) is 0 Å². The van der Waals surface area contributed by atoms with Crippen molar-refractivity contribution < 1.29 is 4.42 Å².